The van der Waals surface area contributed by atoms with E-state index in [1.165, 1.54) is 10.7 Å². The van der Waals surface area contributed by atoms with Crippen LogP contribution in [0.1, 0.15) is 64.5 Å². The third-order valence-corrected chi connectivity index (χ3v) is 7.44. The molecule has 3 atom stereocenters. The summed E-state index contributed by atoms with van der Waals surface area (Å²) in [6.45, 7) is 7.72. The summed E-state index contributed by atoms with van der Waals surface area (Å²) in [5, 5.41) is 11.5. The lowest BCUT2D eigenvalue weighted by Gasteiger charge is -2.47. The van der Waals surface area contributed by atoms with Crippen LogP contribution in [0.15, 0.2) is 30.6 Å². The van der Waals surface area contributed by atoms with Crippen molar-refractivity contribution >= 4 is 23.6 Å². The molecular formula is C27H34ClF3N8O2. The fraction of sp³-hybridized carbons (Fsp3) is 0.556. The number of rotatable bonds is 8. The molecule has 1 aromatic carbocycles. The van der Waals surface area contributed by atoms with Gasteiger partial charge < -0.3 is 14.5 Å². The first-order chi connectivity index (χ1) is 19.4. The van der Waals surface area contributed by atoms with E-state index >= 15 is 0 Å². The van der Waals surface area contributed by atoms with E-state index in [0.29, 0.717) is 48.6 Å². The van der Waals surface area contributed by atoms with Crippen molar-refractivity contribution in [2.24, 2.45) is 7.05 Å². The van der Waals surface area contributed by atoms with Crippen molar-refractivity contribution in [3.63, 3.8) is 0 Å². The fourth-order valence-electron chi connectivity index (χ4n) is 5.32. The Kier molecular flexibility index (Phi) is 9.35. The number of amides is 1. The number of alkyl halides is 3. The summed E-state index contributed by atoms with van der Waals surface area (Å²) >= 11 is 6.12. The van der Waals surface area contributed by atoms with Gasteiger partial charge in [-0.3, -0.25) is 0 Å². The van der Waals surface area contributed by atoms with Gasteiger partial charge in [0.15, 0.2) is 5.82 Å². The van der Waals surface area contributed by atoms with Crippen molar-refractivity contribution in [3.05, 3.63) is 46.7 Å². The molecule has 14 heteroatoms. The Hall–Kier alpha value is -3.48. The van der Waals surface area contributed by atoms with Gasteiger partial charge in [-0.1, -0.05) is 25.4 Å². The number of hydrogen-bond acceptors (Lipinski definition) is 8. The molecule has 10 nitrogen and oxygen atoms in total. The van der Waals surface area contributed by atoms with Crippen LogP contribution in [-0.4, -0.2) is 65.4 Å². The predicted octanol–water partition coefficient (Wildman–Crippen LogP) is 5.91. The molecule has 4 rings (SSSR count). The van der Waals surface area contributed by atoms with Crippen LogP contribution in [0.25, 0.3) is 11.4 Å². The largest absolute Gasteiger partial charge is 0.447 e. The molecule has 2 aromatic heterocycles. The number of carbonyl (C=O) groups is 1. The summed E-state index contributed by atoms with van der Waals surface area (Å²) in [6, 6.07) is 3.08. The highest BCUT2D eigenvalue weighted by Crippen LogP contribution is 2.36. The molecule has 41 heavy (non-hydrogen) atoms. The molecule has 0 radical (unpaired) electrons. The Bertz CT molecular complexity index is 1320. The van der Waals surface area contributed by atoms with Crippen LogP contribution in [0.2, 0.25) is 5.02 Å². The zero-order chi connectivity index (χ0) is 29.9. The number of anilines is 1. The molecule has 1 fully saturated rings. The lowest BCUT2D eigenvalue weighted by molar-refractivity contribution is -0.137. The molecule has 0 aliphatic carbocycles. The summed E-state index contributed by atoms with van der Waals surface area (Å²) in [5.74, 6) is 0.812. The second-order valence-corrected chi connectivity index (χ2v) is 10.9. The van der Waals surface area contributed by atoms with Gasteiger partial charge in [0.25, 0.3) is 0 Å². The number of aromatic nitrogens is 6. The minimum Gasteiger partial charge on any atom is -0.447 e. The fourth-order valence-corrected chi connectivity index (χ4v) is 5.57. The van der Waals surface area contributed by atoms with Crippen LogP contribution in [0.3, 0.4) is 0 Å². The molecule has 0 bridgehead atoms. The normalized spacial score (nSPS) is 19.5. The second kappa shape index (κ2) is 12.6. The van der Waals surface area contributed by atoms with Gasteiger partial charge >= 0.3 is 12.3 Å². The third-order valence-electron chi connectivity index (χ3n) is 7.22. The van der Waals surface area contributed by atoms with Crippen molar-refractivity contribution in [1.29, 1.82) is 0 Å². The van der Waals surface area contributed by atoms with Gasteiger partial charge in [-0.05, 0) is 73.7 Å². The Morgan fingerprint density at radius 3 is 2.27 bits per heavy atom. The number of aryl methyl sites for hydroxylation is 1. The monoisotopic (exact) mass is 594 g/mol. The Labute approximate surface area is 241 Å². The summed E-state index contributed by atoms with van der Waals surface area (Å²) < 4.78 is 47.9. The second-order valence-electron chi connectivity index (χ2n) is 10.5. The van der Waals surface area contributed by atoms with Crippen molar-refractivity contribution in [3.8, 4) is 11.4 Å². The number of piperidine rings is 1. The summed E-state index contributed by atoms with van der Waals surface area (Å²) in [5.41, 5.74) is 0.139. The maximum atomic E-state index is 13.6. The SMILES string of the molecule is CC[C@@H]1C[C@H](N(Cc2cc(Cl)cc(C(F)(F)F)c2)c2ncc(-c3nnnn3C)cn2)C[C@H](CC)N1C(=O)OC(C)C. The molecule has 1 saturated heterocycles. The number of tetrazole rings is 1. The first-order valence-corrected chi connectivity index (χ1v) is 14.0. The van der Waals surface area contributed by atoms with E-state index in [2.05, 4.69) is 25.5 Å². The number of hydrogen-bond donors (Lipinski definition) is 0. The van der Waals surface area contributed by atoms with Crippen molar-refractivity contribution in [1.82, 2.24) is 35.1 Å². The highest BCUT2D eigenvalue weighted by Gasteiger charge is 2.41. The summed E-state index contributed by atoms with van der Waals surface area (Å²) in [6.07, 6.45) is 0.504. The van der Waals surface area contributed by atoms with E-state index in [0.717, 1.165) is 12.1 Å². The van der Waals surface area contributed by atoms with E-state index in [-0.39, 0.29) is 41.9 Å². The van der Waals surface area contributed by atoms with E-state index in [1.807, 2.05) is 37.5 Å². The summed E-state index contributed by atoms with van der Waals surface area (Å²) in [7, 11) is 1.70. The van der Waals surface area contributed by atoms with Crippen LogP contribution in [0.4, 0.5) is 23.9 Å². The van der Waals surface area contributed by atoms with Crippen LogP contribution in [0.5, 0.6) is 0 Å². The van der Waals surface area contributed by atoms with Crippen LogP contribution in [0, 0.1) is 0 Å². The lowest BCUT2D eigenvalue weighted by atomic mass is 9.87. The van der Waals surface area contributed by atoms with E-state index in [1.54, 1.807) is 19.4 Å². The van der Waals surface area contributed by atoms with Gasteiger partial charge in [-0.25, -0.2) is 19.4 Å². The molecule has 0 N–H and O–H groups in total. The topological polar surface area (TPSA) is 102 Å². The Morgan fingerprint density at radius 2 is 1.76 bits per heavy atom. The van der Waals surface area contributed by atoms with Gasteiger partial charge in [-0.2, -0.15) is 13.2 Å². The van der Waals surface area contributed by atoms with Crippen LogP contribution in [-0.2, 0) is 24.5 Å². The standard InChI is InChI=1S/C27H34ClF3N8O2/c1-6-21-11-23(12-22(7-2)39(21)26(40)41-16(3)4)38(15-17-8-19(27(29,30)31)10-20(28)9-17)25-32-13-18(14-33-25)24-34-35-36-37(24)5/h8-10,13-14,16,21-23H,6-7,11-12,15H2,1-5H3/t21-,22+,23+. The molecule has 222 valence electrons. The first-order valence-electron chi connectivity index (χ1n) is 13.6. The minimum absolute atomic E-state index is 0.00931. The smallest absolute Gasteiger partial charge is 0.416 e. The maximum Gasteiger partial charge on any atom is 0.416 e. The Balaban J connectivity index is 1.72. The highest BCUT2D eigenvalue weighted by molar-refractivity contribution is 6.30. The molecule has 1 amide bonds. The molecule has 0 unspecified atom stereocenters. The number of benzene rings is 1. The predicted molar refractivity (Wildman–Crippen MR) is 147 cm³/mol. The molecule has 1 aliphatic heterocycles. The summed E-state index contributed by atoms with van der Waals surface area (Å²) in [4.78, 5) is 25.9. The van der Waals surface area contributed by atoms with E-state index in [4.69, 9.17) is 16.3 Å². The number of ether oxygens (including phenoxy) is 1. The number of likely N-dealkylation sites (tertiary alicyclic amines) is 1. The number of nitrogens with zero attached hydrogens (tertiary/aromatic N) is 8. The third kappa shape index (κ3) is 7.06. The Morgan fingerprint density at radius 1 is 1.12 bits per heavy atom. The quantitative estimate of drug-likeness (QED) is 0.317. The van der Waals surface area contributed by atoms with Crippen molar-refractivity contribution in [2.75, 3.05) is 4.90 Å². The van der Waals surface area contributed by atoms with Gasteiger partial charge in [0.1, 0.15) is 0 Å². The van der Waals surface area contributed by atoms with E-state index < -0.39 is 11.7 Å². The molecular weight excluding hydrogens is 561 g/mol. The van der Waals surface area contributed by atoms with E-state index in [9.17, 15) is 18.0 Å². The van der Waals surface area contributed by atoms with Crippen LogP contribution < -0.4 is 4.90 Å². The molecule has 0 spiro atoms. The molecule has 1 aliphatic rings. The van der Waals surface area contributed by atoms with Crippen LogP contribution >= 0.6 is 11.6 Å². The van der Waals surface area contributed by atoms with Gasteiger partial charge in [0.2, 0.25) is 5.95 Å². The minimum atomic E-state index is -4.55. The maximum absolute atomic E-state index is 13.6. The number of halogens is 4. The highest BCUT2D eigenvalue weighted by atomic mass is 35.5. The average molecular weight is 595 g/mol. The average Bonchev–Trinajstić information content (AvgIpc) is 3.35. The molecule has 3 aromatic rings. The van der Waals surface area contributed by atoms with Crippen molar-refractivity contribution in [2.45, 2.75) is 90.3 Å². The zero-order valence-electron chi connectivity index (χ0n) is 23.6. The lowest BCUT2D eigenvalue weighted by Crippen LogP contribution is -2.57. The van der Waals surface area contributed by atoms with Gasteiger partial charge in [0.05, 0.1) is 17.2 Å². The van der Waals surface area contributed by atoms with Gasteiger partial charge in [-0.15, -0.1) is 5.10 Å². The number of carbonyl (C=O) groups excluding carboxylic acids is 1. The molecule has 3 heterocycles. The van der Waals surface area contributed by atoms with Gasteiger partial charge in [0, 0.05) is 49.1 Å². The molecule has 0 saturated carbocycles. The first kappa shape index (κ1) is 30.5. The van der Waals surface area contributed by atoms with Crippen molar-refractivity contribution < 1.29 is 22.7 Å². The zero-order valence-corrected chi connectivity index (χ0v) is 24.4.